The first-order chi connectivity index (χ1) is 10.4. The minimum absolute atomic E-state index is 0.0919. The Kier molecular flexibility index (Phi) is 4.95. The van der Waals surface area contributed by atoms with E-state index in [0.717, 1.165) is 12.8 Å². The van der Waals surface area contributed by atoms with Crippen molar-refractivity contribution in [2.45, 2.75) is 37.8 Å². The van der Waals surface area contributed by atoms with E-state index >= 15 is 0 Å². The maximum absolute atomic E-state index is 12.4. The molecule has 1 heterocycles. The first-order valence-corrected chi connectivity index (χ1v) is 7.75. The second-order valence-electron chi connectivity index (χ2n) is 6.57. The Morgan fingerprint density at radius 2 is 2.36 bits per heavy atom. The van der Waals surface area contributed by atoms with Crippen LogP contribution in [-0.2, 0) is 4.79 Å². The van der Waals surface area contributed by atoms with Crippen LogP contribution >= 0.6 is 0 Å². The fraction of sp³-hybridized carbons (Fsp3) is 0.733. The molecule has 1 saturated carbocycles. The molecule has 0 aromatic carbocycles. The lowest BCUT2D eigenvalue weighted by molar-refractivity contribution is -0.110. The number of fused-ring (bicyclic) bond motifs is 1. The van der Waals surface area contributed by atoms with Gasteiger partial charge < -0.3 is 26.4 Å². The summed E-state index contributed by atoms with van der Waals surface area (Å²) < 4.78 is 0. The van der Waals surface area contributed by atoms with Crippen molar-refractivity contribution in [3.05, 3.63) is 12.3 Å². The Bertz CT molecular complexity index is 456. The van der Waals surface area contributed by atoms with Crippen LogP contribution in [0.3, 0.4) is 0 Å². The number of nitrogens with zero attached hydrogens (tertiary/aromatic N) is 1. The molecule has 1 saturated heterocycles. The molecule has 2 rings (SSSR count). The van der Waals surface area contributed by atoms with Crippen molar-refractivity contribution < 1.29 is 14.7 Å². The van der Waals surface area contributed by atoms with Gasteiger partial charge in [0.05, 0.1) is 11.3 Å². The van der Waals surface area contributed by atoms with Crippen molar-refractivity contribution in [2.24, 2.45) is 17.6 Å². The second-order valence-corrected chi connectivity index (χ2v) is 6.57. The van der Waals surface area contributed by atoms with Crippen molar-refractivity contribution in [3.63, 3.8) is 0 Å². The van der Waals surface area contributed by atoms with Gasteiger partial charge in [-0.2, -0.15) is 0 Å². The lowest BCUT2D eigenvalue weighted by Crippen LogP contribution is -2.56. The van der Waals surface area contributed by atoms with Crippen LogP contribution in [0.1, 0.15) is 26.2 Å². The van der Waals surface area contributed by atoms with Crippen LogP contribution in [0.15, 0.2) is 12.3 Å². The van der Waals surface area contributed by atoms with Crippen LogP contribution in [-0.4, -0.2) is 53.7 Å². The summed E-state index contributed by atoms with van der Waals surface area (Å²) in [5.41, 5.74) is 5.43. The van der Waals surface area contributed by atoms with E-state index in [1.165, 1.54) is 0 Å². The van der Waals surface area contributed by atoms with Crippen molar-refractivity contribution in [3.8, 4) is 0 Å². The average molecular weight is 310 g/mol. The van der Waals surface area contributed by atoms with Crippen LogP contribution in [0.25, 0.3) is 0 Å². The summed E-state index contributed by atoms with van der Waals surface area (Å²) in [6.45, 7) is 7.07. The van der Waals surface area contributed by atoms with E-state index in [1.54, 1.807) is 4.90 Å². The number of carbonyl (C=O) groups excluding carboxylic acids is 2. The summed E-state index contributed by atoms with van der Waals surface area (Å²) in [7, 11) is 0. The van der Waals surface area contributed by atoms with Crippen LogP contribution in [0.4, 0.5) is 4.79 Å². The lowest BCUT2D eigenvalue weighted by atomic mass is 9.96. The molecule has 0 aromatic heterocycles. The number of amides is 3. The molecule has 0 radical (unpaired) electrons. The Morgan fingerprint density at radius 1 is 1.64 bits per heavy atom. The summed E-state index contributed by atoms with van der Waals surface area (Å²) in [5.74, 6) is 0.916. The maximum atomic E-state index is 12.4. The predicted molar refractivity (Wildman–Crippen MR) is 83.2 cm³/mol. The fourth-order valence-corrected chi connectivity index (χ4v) is 3.48. The number of nitrogens with one attached hydrogen (secondary N) is 2. The highest BCUT2D eigenvalue weighted by Crippen LogP contribution is 2.51. The van der Waals surface area contributed by atoms with Gasteiger partial charge in [0.1, 0.15) is 0 Å². The summed E-state index contributed by atoms with van der Waals surface area (Å²) in [6.07, 6.45) is 2.63. The highest BCUT2D eigenvalue weighted by Gasteiger charge is 2.60. The van der Waals surface area contributed by atoms with Gasteiger partial charge in [0.2, 0.25) is 6.41 Å². The summed E-state index contributed by atoms with van der Waals surface area (Å²) in [6, 6.07) is -0.359. The molecular weight excluding hydrogens is 284 g/mol. The average Bonchev–Trinajstić information content (AvgIpc) is 3.18. The topological polar surface area (TPSA) is 108 Å². The largest absolute Gasteiger partial charge is 0.513 e. The van der Waals surface area contributed by atoms with Gasteiger partial charge in [0, 0.05) is 32.1 Å². The first-order valence-electron chi connectivity index (χ1n) is 7.75. The standard InChI is InChI=1S/C15H26N4O3/c1-10-7-19(8-15(17-9-20)5-13(10)15)14(22)18-12(6-16)4-3-11(2)21/h9-10,12-13,21H,2-8,16H2,1H3,(H,17,20)(H,18,22)/t10?,12-,13?,15?/m0/s1. The van der Waals surface area contributed by atoms with Gasteiger partial charge in [-0.05, 0) is 24.7 Å². The third-order valence-corrected chi connectivity index (χ3v) is 4.83. The number of urea groups is 1. The molecule has 3 unspecified atom stereocenters. The van der Waals surface area contributed by atoms with Gasteiger partial charge in [0.25, 0.3) is 0 Å². The predicted octanol–water partition coefficient (Wildman–Crippen LogP) is 0.332. The van der Waals surface area contributed by atoms with Crippen LogP contribution in [0, 0.1) is 11.8 Å². The van der Waals surface area contributed by atoms with Gasteiger partial charge in [-0.25, -0.2) is 4.79 Å². The third-order valence-electron chi connectivity index (χ3n) is 4.83. The molecular formula is C15H26N4O3. The van der Waals surface area contributed by atoms with Crippen molar-refractivity contribution >= 4 is 12.4 Å². The van der Waals surface area contributed by atoms with Gasteiger partial charge in [-0.1, -0.05) is 13.5 Å². The molecule has 0 spiro atoms. The van der Waals surface area contributed by atoms with Crippen molar-refractivity contribution in [1.29, 1.82) is 0 Å². The smallest absolute Gasteiger partial charge is 0.317 e. The Hall–Kier alpha value is -1.76. The van der Waals surface area contributed by atoms with Crippen LogP contribution in [0.5, 0.6) is 0 Å². The Labute approximate surface area is 130 Å². The van der Waals surface area contributed by atoms with E-state index in [1.807, 2.05) is 0 Å². The van der Waals surface area contributed by atoms with E-state index in [4.69, 9.17) is 10.8 Å². The summed E-state index contributed by atoms with van der Waals surface area (Å²) in [5, 5.41) is 14.9. The number of hydrogen-bond acceptors (Lipinski definition) is 4. The highest BCUT2D eigenvalue weighted by molar-refractivity contribution is 5.75. The molecule has 1 aliphatic carbocycles. The molecule has 0 aromatic rings. The van der Waals surface area contributed by atoms with Crippen molar-refractivity contribution in [2.75, 3.05) is 19.6 Å². The fourth-order valence-electron chi connectivity index (χ4n) is 3.48. The van der Waals surface area contributed by atoms with Crippen LogP contribution in [0.2, 0.25) is 0 Å². The maximum Gasteiger partial charge on any atom is 0.317 e. The van der Waals surface area contributed by atoms with Crippen LogP contribution < -0.4 is 16.4 Å². The van der Waals surface area contributed by atoms with E-state index < -0.39 is 0 Å². The number of rotatable bonds is 7. The number of nitrogens with two attached hydrogens (primary N) is 1. The molecule has 7 heteroatoms. The SMILES string of the molecule is C=C(O)CC[C@@H](CN)NC(=O)N1CC(C)C2CC2(NC=O)C1. The minimum Gasteiger partial charge on any atom is -0.513 e. The zero-order valence-electron chi connectivity index (χ0n) is 13.0. The molecule has 5 N–H and O–H groups in total. The summed E-state index contributed by atoms with van der Waals surface area (Å²) in [4.78, 5) is 25.0. The zero-order valence-corrected chi connectivity index (χ0v) is 13.0. The van der Waals surface area contributed by atoms with Crippen molar-refractivity contribution in [1.82, 2.24) is 15.5 Å². The molecule has 124 valence electrons. The van der Waals surface area contributed by atoms with Gasteiger partial charge in [-0.15, -0.1) is 0 Å². The number of carbonyl (C=O) groups is 2. The number of piperidine rings is 1. The Morgan fingerprint density at radius 3 is 2.95 bits per heavy atom. The van der Waals surface area contributed by atoms with Gasteiger partial charge in [0.15, 0.2) is 0 Å². The molecule has 0 bridgehead atoms. The van der Waals surface area contributed by atoms with E-state index in [0.29, 0.717) is 44.3 Å². The Balaban J connectivity index is 1.91. The van der Waals surface area contributed by atoms with Gasteiger partial charge in [-0.3, -0.25) is 4.79 Å². The zero-order chi connectivity index (χ0) is 16.3. The first kappa shape index (κ1) is 16.6. The molecule has 2 fully saturated rings. The van der Waals surface area contributed by atoms with Gasteiger partial charge >= 0.3 is 6.03 Å². The van der Waals surface area contributed by atoms with E-state index in [9.17, 15) is 9.59 Å². The quantitative estimate of drug-likeness (QED) is 0.401. The number of aliphatic hydroxyl groups excluding tert-OH is 1. The number of hydrogen-bond donors (Lipinski definition) is 4. The number of allylic oxidation sites excluding steroid dienone is 1. The molecule has 4 atom stereocenters. The molecule has 3 amide bonds. The third kappa shape index (κ3) is 3.52. The second kappa shape index (κ2) is 6.56. The lowest BCUT2D eigenvalue weighted by Gasteiger charge is -2.36. The number of likely N-dealkylation sites (tertiary alicyclic amines) is 1. The summed E-state index contributed by atoms with van der Waals surface area (Å²) >= 11 is 0. The minimum atomic E-state index is -0.242. The molecule has 7 nitrogen and oxygen atoms in total. The number of aliphatic hydroxyl groups is 1. The molecule has 22 heavy (non-hydrogen) atoms. The molecule has 2 aliphatic rings. The monoisotopic (exact) mass is 310 g/mol. The van der Waals surface area contributed by atoms with E-state index in [-0.39, 0.29) is 23.4 Å². The highest BCUT2D eigenvalue weighted by atomic mass is 16.3. The normalized spacial score (nSPS) is 30.9. The van der Waals surface area contributed by atoms with E-state index in [2.05, 4.69) is 24.1 Å². The molecule has 1 aliphatic heterocycles.